The molecule has 6 nitrogen and oxygen atoms in total. The molecule has 1 heterocycles. The minimum atomic E-state index is -0.642. The number of carbonyl (C=O) groups is 1. The molecule has 1 aliphatic carbocycles. The van der Waals surface area contributed by atoms with Crippen molar-refractivity contribution in [3.63, 3.8) is 0 Å². The maximum absolute atomic E-state index is 11.8. The van der Waals surface area contributed by atoms with E-state index in [2.05, 4.69) is 29.2 Å². The zero-order valence-corrected chi connectivity index (χ0v) is 13.5. The average molecular weight is 293 g/mol. The third-order valence-electron chi connectivity index (χ3n) is 4.41. The molecule has 2 unspecified atom stereocenters. The Hall–Kier alpha value is -1.40. The maximum atomic E-state index is 11.8. The van der Waals surface area contributed by atoms with Gasteiger partial charge in [-0.1, -0.05) is 0 Å². The lowest BCUT2D eigenvalue weighted by molar-refractivity contribution is -0.124. The summed E-state index contributed by atoms with van der Waals surface area (Å²) in [5, 5.41) is 3.40. The van der Waals surface area contributed by atoms with Gasteiger partial charge >= 0.3 is 0 Å². The van der Waals surface area contributed by atoms with Crippen LogP contribution in [0.5, 0.6) is 0 Å². The highest BCUT2D eigenvalue weighted by Crippen LogP contribution is 2.25. The number of hydrogen-bond acceptors (Lipinski definition) is 4. The number of nitrogens with one attached hydrogen (secondary N) is 1. The van der Waals surface area contributed by atoms with Gasteiger partial charge in [0.25, 0.3) is 0 Å². The van der Waals surface area contributed by atoms with Gasteiger partial charge in [0.05, 0.1) is 12.1 Å². The first-order valence-corrected chi connectivity index (χ1v) is 7.56. The molecule has 0 aromatic carbocycles. The molecule has 0 spiro atoms. The van der Waals surface area contributed by atoms with E-state index in [9.17, 15) is 4.79 Å². The number of carbonyl (C=O) groups excluding carboxylic acids is 1. The SMILES string of the molecule is CC(CC(C)(NC1CC1)C(N)=O)N(C)Cc1nccn1C. The van der Waals surface area contributed by atoms with Gasteiger partial charge in [-0.2, -0.15) is 0 Å². The Balaban J connectivity index is 1.95. The van der Waals surface area contributed by atoms with Crippen LogP contribution in [0.15, 0.2) is 12.4 Å². The first-order chi connectivity index (χ1) is 9.82. The van der Waals surface area contributed by atoms with Crippen LogP contribution < -0.4 is 11.1 Å². The molecule has 21 heavy (non-hydrogen) atoms. The highest BCUT2D eigenvalue weighted by molar-refractivity contribution is 5.84. The third kappa shape index (κ3) is 4.04. The molecule has 1 saturated carbocycles. The van der Waals surface area contributed by atoms with Crippen LogP contribution in [-0.2, 0) is 18.4 Å². The van der Waals surface area contributed by atoms with Gasteiger partial charge in [-0.15, -0.1) is 0 Å². The summed E-state index contributed by atoms with van der Waals surface area (Å²) in [5.41, 5.74) is 4.98. The van der Waals surface area contributed by atoms with Crippen molar-refractivity contribution < 1.29 is 4.79 Å². The van der Waals surface area contributed by atoms with Crippen molar-refractivity contribution in [3.05, 3.63) is 18.2 Å². The second-order valence-corrected chi connectivity index (χ2v) is 6.54. The van der Waals surface area contributed by atoms with E-state index in [0.29, 0.717) is 12.5 Å². The smallest absolute Gasteiger partial charge is 0.237 e. The summed E-state index contributed by atoms with van der Waals surface area (Å²) >= 11 is 0. The molecule has 0 saturated heterocycles. The number of nitrogens with zero attached hydrogens (tertiary/aromatic N) is 3. The second-order valence-electron chi connectivity index (χ2n) is 6.54. The van der Waals surface area contributed by atoms with Crippen LogP contribution in [0.25, 0.3) is 0 Å². The third-order valence-corrected chi connectivity index (χ3v) is 4.41. The largest absolute Gasteiger partial charge is 0.368 e. The van der Waals surface area contributed by atoms with Gasteiger partial charge in [0, 0.05) is 31.5 Å². The molecular weight excluding hydrogens is 266 g/mol. The van der Waals surface area contributed by atoms with Gasteiger partial charge in [-0.25, -0.2) is 4.98 Å². The van der Waals surface area contributed by atoms with Crippen LogP contribution in [0.1, 0.15) is 38.9 Å². The summed E-state index contributed by atoms with van der Waals surface area (Å²) in [6.07, 6.45) is 6.71. The molecule has 1 aromatic rings. The van der Waals surface area contributed by atoms with E-state index in [1.54, 1.807) is 6.20 Å². The Morgan fingerprint density at radius 2 is 2.33 bits per heavy atom. The number of aryl methyl sites for hydroxylation is 1. The van der Waals surface area contributed by atoms with Crippen molar-refractivity contribution in [2.45, 2.75) is 57.3 Å². The lowest BCUT2D eigenvalue weighted by Gasteiger charge is -2.34. The average Bonchev–Trinajstić information content (AvgIpc) is 3.12. The minimum absolute atomic E-state index is 0.227. The Morgan fingerprint density at radius 3 is 2.81 bits per heavy atom. The van der Waals surface area contributed by atoms with Crippen LogP contribution in [-0.4, -0.2) is 45.0 Å². The highest BCUT2D eigenvalue weighted by atomic mass is 16.1. The first-order valence-electron chi connectivity index (χ1n) is 7.56. The van der Waals surface area contributed by atoms with Crippen LogP contribution in [0.2, 0.25) is 0 Å². The molecule has 6 heteroatoms. The quantitative estimate of drug-likeness (QED) is 0.737. The number of aromatic nitrogens is 2. The summed E-state index contributed by atoms with van der Waals surface area (Å²) in [4.78, 5) is 18.4. The molecule has 1 aromatic heterocycles. The molecule has 2 rings (SSSR count). The first kappa shape index (κ1) is 16.0. The van der Waals surface area contributed by atoms with E-state index in [1.807, 2.05) is 24.7 Å². The van der Waals surface area contributed by atoms with Crippen molar-refractivity contribution >= 4 is 5.91 Å². The second kappa shape index (κ2) is 6.15. The Labute approximate surface area is 126 Å². The molecular formula is C15H27N5O. The zero-order valence-electron chi connectivity index (χ0n) is 13.5. The Kier molecular flexibility index (Phi) is 4.68. The van der Waals surface area contributed by atoms with E-state index in [4.69, 9.17) is 5.73 Å². The standard InChI is InChI=1S/C15H27N5O/c1-11(20(4)10-13-17-7-8-19(13)3)9-15(2,14(16)21)18-12-5-6-12/h7-8,11-12,18H,5-6,9-10H2,1-4H3,(H2,16,21). The van der Waals surface area contributed by atoms with Crippen molar-refractivity contribution in [2.24, 2.45) is 12.8 Å². The van der Waals surface area contributed by atoms with E-state index in [0.717, 1.165) is 25.2 Å². The molecule has 0 aliphatic heterocycles. The number of amides is 1. The molecule has 1 aliphatic rings. The van der Waals surface area contributed by atoms with Gasteiger partial charge in [0.2, 0.25) is 5.91 Å². The van der Waals surface area contributed by atoms with Crippen molar-refractivity contribution in [3.8, 4) is 0 Å². The van der Waals surface area contributed by atoms with Crippen molar-refractivity contribution in [1.29, 1.82) is 0 Å². The van der Waals surface area contributed by atoms with Gasteiger partial charge in [0.1, 0.15) is 5.82 Å². The molecule has 0 radical (unpaired) electrons. The van der Waals surface area contributed by atoms with Gasteiger partial charge in [-0.3, -0.25) is 9.69 Å². The fourth-order valence-corrected chi connectivity index (χ4v) is 2.58. The summed E-state index contributed by atoms with van der Waals surface area (Å²) in [6.45, 7) is 4.79. The minimum Gasteiger partial charge on any atom is -0.368 e. The molecule has 0 bridgehead atoms. The highest BCUT2D eigenvalue weighted by Gasteiger charge is 2.38. The molecule has 1 fully saturated rings. The normalized spacial score (nSPS) is 19.5. The maximum Gasteiger partial charge on any atom is 0.237 e. The zero-order chi connectivity index (χ0) is 15.6. The lowest BCUT2D eigenvalue weighted by Crippen LogP contribution is -2.56. The van der Waals surface area contributed by atoms with Crippen molar-refractivity contribution in [2.75, 3.05) is 7.05 Å². The summed E-state index contributed by atoms with van der Waals surface area (Å²) in [6, 6.07) is 0.681. The summed E-state index contributed by atoms with van der Waals surface area (Å²) < 4.78 is 2.01. The fraction of sp³-hybridized carbons (Fsp3) is 0.733. The van der Waals surface area contributed by atoms with Crippen molar-refractivity contribution in [1.82, 2.24) is 19.8 Å². The van der Waals surface area contributed by atoms with E-state index in [-0.39, 0.29) is 11.9 Å². The number of hydrogen-bond donors (Lipinski definition) is 2. The predicted molar refractivity (Wildman–Crippen MR) is 82.5 cm³/mol. The molecule has 118 valence electrons. The number of nitrogens with two attached hydrogens (primary N) is 1. The molecule has 3 N–H and O–H groups in total. The Bertz CT molecular complexity index is 496. The monoisotopic (exact) mass is 293 g/mol. The van der Waals surface area contributed by atoms with E-state index >= 15 is 0 Å². The lowest BCUT2D eigenvalue weighted by atomic mass is 9.92. The fourth-order valence-electron chi connectivity index (χ4n) is 2.58. The summed E-state index contributed by atoms with van der Waals surface area (Å²) in [5.74, 6) is 0.743. The van der Waals surface area contributed by atoms with Crippen LogP contribution in [0.4, 0.5) is 0 Å². The van der Waals surface area contributed by atoms with E-state index < -0.39 is 5.54 Å². The summed E-state index contributed by atoms with van der Waals surface area (Å²) in [7, 11) is 4.04. The number of imidazole rings is 1. The Morgan fingerprint density at radius 1 is 1.67 bits per heavy atom. The van der Waals surface area contributed by atoms with Gasteiger partial charge in [0.15, 0.2) is 0 Å². The van der Waals surface area contributed by atoms with Crippen LogP contribution in [0, 0.1) is 0 Å². The predicted octanol–water partition coefficient (Wildman–Crippen LogP) is 0.627. The number of primary amides is 1. The van der Waals surface area contributed by atoms with Gasteiger partial charge in [-0.05, 0) is 40.2 Å². The van der Waals surface area contributed by atoms with Crippen LogP contribution in [0.3, 0.4) is 0 Å². The number of rotatable bonds is 8. The van der Waals surface area contributed by atoms with Crippen LogP contribution >= 0.6 is 0 Å². The van der Waals surface area contributed by atoms with Gasteiger partial charge < -0.3 is 15.6 Å². The molecule has 2 atom stereocenters. The van der Waals surface area contributed by atoms with E-state index in [1.165, 1.54) is 0 Å². The molecule has 1 amide bonds. The topological polar surface area (TPSA) is 76.2 Å².